The Morgan fingerprint density at radius 3 is 2.60 bits per heavy atom. The Morgan fingerprint density at radius 2 is 2.08 bits per heavy atom. The van der Waals surface area contributed by atoms with Crippen LogP contribution in [0, 0.1) is 5.92 Å². The molecule has 0 spiro atoms. The Morgan fingerprint density at radius 1 is 1.40 bits per heavy atom. The predicted octanol–water partition coefficient (Wildman–Crippen LogP) is 1.83. The molecule has 0 aliphatic carbocycles. The number of rotatable bonds is 4. The van der Waals surface area contributed by atoms with E-state index in [1.807, 2.05) is 0 Å². The predicted molar refractivity (Wildman–Crippen MR) is 91.2 cm³/mol. The molecule has 0 saturated carbocycles. The molecule has 2 unspecified atom stereocenters. The Bertz CT molecular complexity index is 608. The van der Waals surface area contributed by atoms with E-state index in [1.54, 1.807) is 7.05 Å². The van der Waals surface area contributed by atoms with Gasteiger partial charge in [-0.3, -0.25) is 14.6 Å². The lowest BCUT2D eigenvalue weighted by Gasteiger charge is -2.22. The van der Waals surface area contributed by atoms with Gasteiger partial charge in [0.15, 0.2) is 11.7 Å². The van der Waals surface area contributed by atoms with E-state index < -0.39 is 11.9 Å². The molecule has 1 saturated heterocycles. The van der Waals surface area contributed by atoms with Crippen molar-refractivity contribution in [2.45, 2.75) is 45.6 Å². The van der Waals surface area contributed by atoms with E-state index in [1.165, 1.54) is 17.9 Å². The van der Waals surface area contributed by atoms with Gasteiger partial charge >= 0.3 is 6.18 Å². The van der Waals surface area contributed by atoms with Crippen LogP contribution in [0.4, 0.5) is 13.2 Å². The summed E-state index contributed by atoms with van der Waals surface area (Å²) in [6, 6.07) is 0.679. The first kappa shape index (κ1) is 19.6. The van der Waals surface area contributed by atoms with Gasteiger partial charge in [-0.1, -0.05) is 6.92 Å². The van der Waals surface area contributed by atoms with Crippen molar-refractivity contribution in [3.63, 3.8) is 0 Å². The molecule has 1 fully saturated rings. The van der Waals surface area contributed by atoms with Crippen LogP contribution in [0.3, 0.4) is 0 Å². The summed E-state index contributed by atoms with van der Waals surface area (Å²) < 4.78 is 40.2. The van der Waals surface area contributed by atoms with Crippen LogP contribution in [0.2, 0.25) is 0 Å². The molecule has 0 bridgehead atoms. The lowest BCUT2D eigenvalue weighted by molar-refractivity contribution is -0.142. The molecule has 1 aliphatic rings. The third-order valence-electron chi connectivity index (χ3n) is 4.54. The van der Waals surface area contributed by atoms with Crippen LogP contribution in [0.15, 0.2) is 11.2 Å². The highest BCUT2D eigenvalue weighted by Crippen LogP contribution is 2.30. The SMILES string of the molecule is CN=C(NCc1cn(C)nc1C(F)(F)F)NC1CN(C(C)C)CC1C. The highest BCUT2D eigenvalue weighted by molar-refractivity contribution is 5.80. The first-order valence-corrected chi connectivity index (χ1v) is 8.42. The Kier molecular flexibility index (Phi) is 5.97. The van der Waals surface area contributed by atoms with Crippen molar-refractivity contribution < 1.29 is 13.2 Å². The van der Waals surface area contributed by atoms with Gasteiger partial charge in [-0.25, -0.2) is 0 Å². The Balaban J connectivity index is 1.98. The molecule has 2 heterocycles. The summed E-state index contributed by atoms with van der Waals surface area (Å²) in [5, 5.41) is 9.81. The molecule has 1 aromatic heterocycles. The lowest BCUT2D eigenvalue weighted by atomic mass is 10.1. The highest BCUT2D eigenvalue weighted by atomic mass is 19.4. The smallest absolute Gasteiger partial charge is 0.352 e. The Hall–Kier alpha value is -1.77. The number of aromatic nitrogens is 2. The molecule has 1 aliphatic heterocycles. The minimum absolute atomic E-state index is 0.0113. The van der Waals surface area contributed by atoms with Crippen molar-refractivity contribution >= 4 is 5.96 Å². The third kappa shape index (κ3) is 4.87. The van der Waals surface area contributed by atoms with Crippen LogP contribution in [0.25, 0.3) is 0 Å². The van der Waals surface area contributed by atoms with Crippen molar-refractivity contribution in [3.8, 4) is 0 Å². The summed E-state index contributed by atoms with van der Waals surface area (Å²) in [4.78, 5) is 6.51. The van der Waals surface area contributed by atoms with Crippen molar-refractivity contribution in [3.05, 3.63) is 17.5 Å². The fourth-order valence-corrected chi connectivity index (χ4v) is 3.07. The maximum atomic E-state index is 13.0. The van der Waals surface area contributed by atoms with E-state index >= 15 is 0 Å². The second kappa shape index (κ2) is 7.63. The third-order valence-corrected chi connectivity index (χ3v) is 4.54. The van der Waals surface area contributed by atoms with E-state index in [2.05, 4.69) is 46.4 Å². The second-order valence-corrected chi connectivity index (χ2v) is 6.88. The summed E-state index contributed by atoms with van der Waals surface area (Å²) >= 11 is 0. The average molecular weight is 360 g/mol. The Labute approximate surface area is 146 Å². The number of nitrogens with one attached hydrogen (secondary N) is 2. The average Bonchev–Trinajstić information content (AvgIpc) is 3.06. The van der Waals surface area contributed by atoms with E-state index in [9.17, 15) is 13.2 Å². The summed E-state index contributed by atoms with van der Waals surface area (Å²) in [6.07, 6.45) is -3.09. The van der Waals surface area contributed by atoms with Gasteiger partial charge in [0, 0.05) is 57.6 Å². The van der Waals surface area contributed by atoms with E-state index in [4.69, 9.17) is 0 Å². The number of aryl methyl sites for hydroxylation is 1. The first-order valence-electron chi connectivity index (χ1n) is 8.42. The number of hydrogen-bond acceptors (Lipinski definition) is 3. The largest absolute Gasteiger partial charge is 0.435 e. The van der Waals surface area contributed by atoms with E-state index in [-0.39, 0.29) is 18.2 Å². The summed E-state index contributed by atoms with van der Waals surface area (Å²) in [6.45, 7) is 8.37. The van der Waals surface area contributed by atoms with Gasteiger partial charge in [0.25, 0.3) is 0 Å². The number of aliphatic imine (C=N–C) groups is 1. The summed E-state index contributed by atoms with van der Waals surface area (Å²) in [7, 11) is 3.09. The number of halogens is 3. The van der Waals surface area contributed by atoms with E-state index in [0.717, 1.165) is 13.1 Å². The molecule has 6 nitrogen and oxygen atoms in total. The molecule has 0 radical (unpaired) electrons. The topological polar surface area (TPSA) is 57.5 Å². The van der Waals surface area contributed by atoms with Crippen molar-refractivity contribution in [2.24, 2.45) is 18.0 Å². The zero-order valence-electron chi connectivity index (χ0n) is 15.4. The minimum atomic E-state index is -4.47. The quantitative estimate of drug-likeness (QED) is 0.635. The van der Waals surface area contributed by atoms with Crippen LogP contribution in [0.5, 0.6) is 0 Å². The van der Waals surface area contributed by atoms with Gasteiger partial charge < -0.3 is 10.6 Å². The molecule has 2 rings (SSSR count). The molecular weight excluding hydrogens is 333 g/mol. The molecular formula is C16H27F3N6. The highest BCUT2D eigenvalue weighted by Gasteiger charge is 2.37. The van der Waals surface area contributed by atoms with Crippen LogP contribution < -0.4 is 10.6 Å². The van der Waals surface area contributed by atoms with Crippen LogP contribution in [-0.2, 0) is 19.8 Å². The van der Waals surface area contributed by atoms with Gasteiger partial charge in [0.2, 0.25) is 0 Å². The number of hydrogen-bond donors (Lipinski definition) is 2. The molecule has 2 atom stereocenters. The number of likely N-dealkylation sites (tertiary alicyclic amines) is 1. The summed E-state index contributed by atoms with van der Waals surface area (Å²) in [5.41, 5.74) is -0.764. The normalized spacial score (nSPS) is 22.7. The van der Waals surface area contributed by atoms with E-state index in [0.29, 0.717) is 17.9 Å². The second-order valence-electron chi connectivity index (χ2n) is 6.88. The molecule has 25 heavy (non-hydrogen) atoms. The molecule has 0 aromatic carbocycles. The molecule has 0 amide bonds. The van der Waals surface area contributed by atoms with Gasteiger partial charge in [-0.2, -0.15) is 18.3 Å². The fraction of sp³-hybridized carbons (Fsp3) is 0.750. The van der Waals surface area contributed by atoms with Gasteiger partial charge in [-0.15, -0.1) is 0 Å². The van der Waals surface area contributed by atoms with Gasteiger partial charge in [0.1, 0.15) is 0 Å². The number of alkyl halides is 3. The van der Waals surface area contributed by atoms with Crippen LogP contribution in [0.1, 0.15) is 32.0 Å². The summed E-state index contributed by atoms with van der Waals surface area (Å²) in [5.74, 6) is 0.935. The zero-order chi connectivity index (χ0) is 18.8. The van der Waals surface area contributed by atoms with Crippen molar-refractivity contribution in [1.82, 2.24) is 25.3 Å². The maximum absolute atomic E-state index is 13.0. The molecule has 1 aromatic rings. The monoisotopic (exact) mass is 360 g/mol. The van der Waals surface area contributed by atoms with Crippen LogP contribution in [-0.4, -0.2) is 52.9 Å². The van der Waals surface area contributed by atoms with Crippen LogP contribution >= 0.6 is 0 Å². The fourth-order valence-electron chi connectivity index (χ4n) is 3.07. The van der Waals surface area contributed by atoms with Gasteiger partial charge in [0.05, 0.1) is 0 Å². The minimum Gasteiger partial charge on any atom is -0.352 e. The molecule has 2 N–H and O–H groups in total. The number of guanidine groups is 1. The zero-order valence-corrected chi connectivity index (χ0v) is 15.4. The lowest BCUT2D eigenvalue weighted by Crippen LogP contribution is -2.46. The first-order chi connectivity index (χ1) is 11.6. The number of nitrogens with zero attached hydrogens (tertiary/aromatic N) is 4. The molecule has 9 heteroatoms. The maximum Gasteiger partial charge on any atom is 0.435 e. The van der Waals surface area contributed by atoms with Gasteiger partial charge in [-0.05, 0) is 19.8 Å². The molecule has 142 valence electrons. The standard InChI is InChI=1S/C16H27F3N6/c1-10(2)25-7-11(3)13(9-25)22-15(20-4)21-6-12-8-24(5)23-14(12)16(17,18)19/h8,10-11,13H,6-7,9H2,1-5H3,(H2,20,21,22). The van der Waals surface area contributed by atoms with Crippen molar-refractivity contribution in [1.29, 1.82) is 0 Å². The van der Waals surface area contributed by atoms with Crippen molar-refractivity contribution in [2.75, 3.05) is 20.1 Å².